The van der Waals surface area contributed by atoms with Gasteiger partial charge >= 0.3 is 0 Å². The van der Waals surface area contributed by atoms with Crippen LogP contribution in [-0.4, -0.2) is 41.4 Å². The molecular weight excluding hydrogens is 332 g/mol. The van der Waals surface area contributed by atoms with Gasteiger partial charge in [0.25, 0.3) is 0 Å². The fourth-order valence-electron chi connectivity index (χ4n) is 3.60. The lowest BCUT2D eigenvalue weighted by molar-refractivity contribution is 0.525. The van der Waals surface area contributed by atoms with Crippen molar-refractivity contribution < 1.29 is 0 Å². The third-order valence-electron chi connectivity index (χ3n) is 5.42. The summed E-state index contributed by atoms with van der Waals surface area (Å²) in [4.78, 5) is 0. The number of nitrogens with one attached hydrogen (secondary N) is 1. The summed E-state index contributed by atoms with van der Waals surface area (Å²) in [6, 6.07) is 1.46. The molecule has 158 valence electrons. The van der Waals surface area contributed by atoms with Crippen molar-refractivity contribution >= 4 is 9.68 Å². The van der Waals surface area contributed by atoms with Crippen LogP contribution in [0.3, 0.4) is 0 Å². The predicted octanol–water partition coefficient (Wildman–Crippen LogP) is 6.29. The van der Waals surface area contributed by atoms with E-state index in [0.29, 0.717) is 0 Å². The van der Waals surface area contributed by atoms with E-state index >= 15 is 0 Å². The van der Waals surface area contributed by atoms with E-state index in [0.717, 1.165) is 0 Å². The van der Waals surface area contributed by atoms with Gasteiger partial charge in [-0.1, -0.05) is 103 Å². The SMILES string of the molecule is CCCCCCCCCCCCCCCCCCNCCC[SiH2]N(C)C. The van der Waals surface area contributed by atoms with Gasteiger partial charge in [0.2, 0.25) is 0 Å². The Labute approximate surface area is 169 Å². The minimum absolute atomic E-state index is 0.0704. The van der Waals surface area contributed by atoms with E-state index in [9.17, 15) is 0 Å². The summed E-state index contributed by atoms with van der Waals surface area (Å²) in [7, 11) is 4.51. The summed E-state index contributed by atoms with van der Waals surface area (Å²) in [5, 5.41) is 3.61. The van der Waals surface area contributed by atoms with Gasteiger partial charge in [0, 0.05) is 0 Å². The Morgan fingerprint density at radius 2 is 0.923 bits per heavy atom. The van der Waals surface area contributed by atoms with Crippen LogP contribution in [0, 0.1) is 0 Å². The molecule has 0 aliphatic carbocycles. The van der Waals surface area contributed by atoms with Crippen LogP contribution in [-0.2, 0) is 0 Å². The van der Waals surface area contributed by atoms with Crippen molar-refractivity contribution in [1.82, 2.24) is 9.88 Å². The summed E-state index contributed by atoms with van der Waals surface area (Å²) in [5.41, 5.74) is 0. The first-order valence-corrected chi connectivity index (χ1v) is 13.8. The zero-order valence-electron chi connectivity index (χ0n) is 18.8. The van der Waals surface area contributed by atoms with Crippen LogP contribution in [0.2, 0.25) is 6.04 Å². The topological polar surface area (TPSA) is 15.3 Å². The minimum Gasteiger partial charge on any atom is -0.334 e. The molecule has 0 radical (unpaired) electrons. The van der Waals surface area contributed by atoms with Crippen LogP contribution in [0.4, 0.5) is 0 Å². The summed E-state index contributed by atoms with van der Waals surface area (Å²) < 4.78 is 2.41. The van der Waals surface area contributed by atoms with Gasteiger partial charge < -0.3 is 9.88 Å². The van der Waals surface area contributed by atoms with Gasteiger partial charge in [-0.3, -0.25) is 0 Å². The van der Waals surface area contributed by atoms with Crippen molar-refractivity contribution in [3.8, 4) is 0 Å². The second kappa shape index (κ2) is 23.2. The quantitative estimate of drug-likeness (QED) is 0.174. The fraction of sp³-hybridized carbons (Fsp3) is 1.00. The molecule has 0 amide bonds. The van der Waals surface area contributed by atoms with E-state index in [2.05, 4.69) is 30.9 Å². The molecule has 0 rings (SSSR count). The van der Waals surface area contributed by atoms with Gasteiger partial charge in [-0.25, -0.2) is 0 Å². The molecule has 0 atom stereocenters. The molecule has 0 saturated carbocycles. The van der Waals surface area contributed by atoms with E-state index in [1.54, 1.807) is 0 Å². The first-order valence-electron chi connectivity index (χ1n) is 12.1. The summed E-state index contributed by atoms with van der Waals surface area (Å²) in [6.07, 6.45) is 24.7. The summed E-state index contributed by atoms with van der Waals surface area (Å²) >= 11 is 0. The molecule has 0 aromatic heterocycles. The van der Waals surface area contributed by atoms with E-state index in [-0.39, 0.29) is 9.68 Å². The highest BCUT2D eigenvalue weighted by atomic mass is 28.2. The number of hydrogen-bond acceptors (Lipinski definition) is 2. The molecule has 0 saturated heterocycles. The molecule has 0 bridgehead atoms. The van der Waals surface area contributed by atoms with Crippen LogP contribution >= 0.6 is 0 Å². The van der Waals surface area contributed by atoms with Crippen molar-refractivity contribution in [3.63, 3.8) is 0 Å². The Balaban J connectivity index is 2.97. The van der Waals surface area contributed by atoms with Crippen LogP contribution < -0.4 is 5.32 Å². The maximum absolute atomic E-state index is 3.61. The average Bonchev–Trinajstić information content (AvgIpc) is 2.62. The van der Waals surface area contributed by atoms with Gasteiger partial charge in [-0.05, 0) is 46.1 Å². The van der Waals surface area contributed by atoms with E-state index in [1.807, 2.05) is 0 Å². The summed E-state index contributed by atoms with van der Waals surface area (Å²) in [5.74, 6) is 0. The zero-order valence-corrected chi connectivity index (χ0v) is 20.2. The highest BCUT2D eigenvalue weighted by molar-refractivity contribution is 6.31. The van der Waals surface area contributed by atoms with Crippen LogP contribution in [0.1, 0.15) is 116 Å². The molecule has 0 spiro atoms. The molecule has 0 aliphatic rings. The first kappa shape index (κ1) is 26.1. The maximum Gasteiger partial charge on any atom is 0.0944 e. The lowest BCUT2D eigenvalue weighted by Gasteiger charge is -2.08. The lowest BCUT2D eigenvalue weighted by atomic mass is 10.0. The Hall–Kier alpha value is 0.137. The van der Waals surface area contributed by atoms with Crippen molar-refractivity contribution in [2.75, 3.05) is 27.2 Å². The smallest absolute Gasteiger partial charge is 0.0944 e. The lowest BCUT2D eigenvalue weighted by Crippen LogP contribution is -2.20. The van der Waals surface area contributed by atoms with Crippen molar-refractivity contribution in [1.29, 1.82) is 0 Å². The molecule has 1 N–H and O–H groups in total. The van der Waals surface area contributed by atoms with Crippen LogP contribution in [0.25, 0.3) is 0 Å². The van der Waals surface area contributed by atoms with Crippen molar-refractivity contribution in [2.45, 2.75) is 122 Å². The third-order valence-corrected chi connectivity index (χ3v) is 7.13. The third kappa shape index (κ3) is 24.1. The molecule has 0 unspecified atom stereocenters. The molecule has 0 heterocycles. The molecule has 0 aromatic carbocycles. The average molecular weight is 385 g/mol. The Morgan fingerprint density at radius 1 is 0.538 bits per heavy atom. The highest BCUT2D eigenvalue weighted by Crippen LogP contribution is 2.13. The van der Waals surface area contributed by atoms with Crippen LogP contribution in [0.5, 0.6) is 0 Å². The normalized spacial score (nSPS) is 12.0. The van der Waals surface area contributed by atoms with E-state index < -0.39 is 0 Å². The second-order valence-corrected chi connectivity index (χ2v) is 11.0. The second-order valence-electron chi connectivity index (χ2n) is 8.56. The molecule has 26 heavy (non-hydrogen) atoms. The van der Waals surface area contributed by atoms with Crippen molar-refractivity contribution in [2.24, 2.45) is 0 Å². The van der Waals surface area contributed by atoms with Crippen molar-refractivity contribution in [3.05, 3.63) is 0 Å². The number of nitrogens with zero attached hydrogens (tertiary/aromatic N) is 1. The van der Waals surface area contributed by atoms with Crippen LogP contribution in [0.15, 0.2) is 0 Å². The first-order chi connectivity index (χ1) is 12.8. The molecule has 2 nitrogen and oxygen atoms in total. The monoisotopic (exact) mass is 384 g/mol. The molecule has 3 heteroatoms. The highest BCUT2D eigenvalue weighted by Gasteiger charge is 1.95. The molecule has 0 fully saturated rings. The number of unbranched alkanes of at least 4 members (excludes halogenated alkanes) is 15. The molecular formula is C23H52N2Si. The van der Waals surface area contributed by atoms with Gasteiger partial charge in [-0.15, -0.1) is 0 Å². The Bertz CT molecular complexity index is 246. The fourth-order valence-corrected chi connectivity index (χ4v) is 4.71. The Morgan fingerprint density at radius 3 is 1.35 bits per heavy atom. The largest absolute Gasteiger partial charge is 0.334 e. The van der Waals surface area contributed by atoms with Gasteiger partial charge in [0.05, 0.1) is 9.68 Å². The number of hydrogen-bond donors (Lipinski definition) is 1. The maximum atomic E-state index is 3.61. The predicted molar refractivity (Wildman–Crippen MR) is 124 cm³/mol. The number of rotatable bonds is 22. The van der Waals surface area contributed by atoms with E-state index in [1.165, 1.54) is 128 Å². The van der Waals surface area contributed by atoms with Gasteiger partial charge in [0.1, 0.15) is 0 Å². The molecule has 0 aliphatic heterocycles. The standard InChI is InChI=1S/C23H52N2Si/c1-4-5-6-7-8-9-10-11-12-13-14-15-16-17-18-19-21-24-22-20-23-26-25(2)3/h24H,4-23,26H2,1-3H3. The van der Waals surface area contributed by atoms with E-state index in [4.69, 9.17) is 0 Å². The summed E-state index contributed by atoms with van der Waals surface area (Å²) in [6.45, 7) is 4.77. The van der Waals surface area contributed by atoms with Gasteiger partial charge in [0.15, 0.2) is 0 Å². The molecule has 0 aromatic rings. The van der Waals surface area contributed by atoms with Gasteiger partial charge in [-0.2, -0.15) is 0 Å². The zero-order chi connectivity index (χ0) is 19.1. The minimum atomic E-state index is 0.0704. The Kier molecular flexibility index (Phi) is 23.3.